The number of rotatable bonds is 5. The molecule has 0 aliphatic heterocycles. The zero-order valence-corrected chi connectivity index (χ0v) is 18.0. The van der Waals surface area contributed by atoms with Gasteiger partial charge in [0.2, 0.25) is 5.82 Å². The molecule has 3 aromatic heterocycles. The predicted octanol–water partition coefficient (Wildman–Crippen LogP) is 4.31. The van der Waals surface area contributed by atoms with Crippen LogP contribution in [-0.4, -0.2) is 33.2 Å². The third-order valence-electron chi connectivity index (χ3n) is 4.69. The van der Waals surface area contributed by atoms with Crippen molar-refractivity contribution in [2.24, 2.45) is 0 Å². The summed E-state index contributed by atoms with van der Waals surface area (Å²) in [5, 5.41) is 13.1. The second-order valence-electron chi connectivity index (χ2n) is 6.84. The van der Waals surface area contributed by atoms with Gasteiger partial charge in [-0.2, -0.15) is 9.61 Å². The van der Waals surface area contributed by atoms with Crippen molar-refractivity contribution < 1.29 is 8.42 Å². The van der Waals surface area contributed by atoms with Crippen molar-refractivity contribution in [3.8, 4) is 22.8 Å². The third-order valence-corrected chi connectivity index (χ3v) is 6.57. The molecule has 0 spiro atoms. The van der Waals surface area contributed by atoms with E-state index in [0.29, 0.717) is 34.1 Å². The SMILES string of the molecule is O=S(=O)(Nc1cccc(-c2ccc3nnc(-c4ccccn4)n3n2)c1)c1ccccc1Cl. The van der Waals surface area contributed by atoms with Crippen LogP contribution in [0.3, 0.4) is 0 Å². The first-order chi connectivity index (χ1) is 15.5. The molecule has 2 aromatic carbocycles. The first-order valence-corrected chi connectivity index (χ1v) is 11.4. The number of halogens is 1. The largest absolute Gasteiger partial charge is 0.280 e. The minimum atomic E-state index is -3.85. The van der Waals surface area contributed by atoms with Gasteiger partial charge in [0.05, 0.1) is 10.7 Å². The Bertz CT molecular complexity index is 1540. The Morgan fingerprint density at radius 2 is 1.69 bits per heavy atom. The van der Waals surface area contributed by atoms with E-state index in [-0.39, 0.29) is 9.92 Å². The average molecular weight is 463 g/mol. The topological polar surface area (TPSA) is 102 Å². The first kappa shape index (κ1) is 20.1. The maximum absolute atomic E-state index is 12.8. The van der Waals surface area contributed by atoms with Crippen LogP contribution in [0, 0.1) is 0 Å². The molecule has 0 atom stereocenters. The lowest BCUT2D eigenvalue weighted by Gasteiger charge is -2.10. The van der Waals surface area contributed by atoms with Crippen LogP contribution in [-0.2, 0) is 10.0 Å². The summed E-state index contributed by atoms with van der Waals surface area (Å²) in [6.45, 7) is 0. The van der Waals surface area contributed by atoms with Crippen LogP contribution >= 0.6 is 11.6 Å². The zero-order chi connectivity index (χ0) is 22.1. The summed E-state index contributed by atoms with van der Waals surface area (Å²) in [7, 11) is -3.85. The molecule has 0 unspecified atom stereocenters. The number of fused-ring (bicyclic) bond motifs is 1. The first-order valence-electron chi connectivity index (χ1n) is 9.53. The highest BCUT2D eigenvalue weighted by molar-refractivity contribution is 7.92. The molecular formula is C22H15ClN6O2S. The lowest BCUT2D eigenvalue weighted by molar-refractivity contribution is 0.601. The fourth-order valence-corrected chi connectivity index (χ4v) is 4.78. The molecule has 1 N–H and O–H groups in total. The minimum absolute atomic E-state index is 0.0103. The van der Waals surface area contributed by atoms with Crippen molar-refractivity contribution in [1.29, 1.82) is 0 Å². The Balaban J connectivity index is 1.51. The molecule has 0 bridgehead atoms. The Morgan fingerprint density at radius 3 is 2.50 bits per heavy atom. The van der Waals surface area contributed by atoms with Crippen LogP contribution in [0.5, 0.6) is 0 Å². The lowest BCUT2D eigenvalue weighted by Crippen LogP contribution is -2.13. The molecular weight excluding hydrogens is 448 g/mol. The van der Waals surface area contributed by atoms with Gasteiger partial charge < -0.3 is 0 Å². The fourth-order valence-electron chi connectivity index (χ4n) is 3.21. The number of nitrogens with one attached hydrogen (secondary N) is 1. The molecule has 8 nitrogen and oxygen atoms in total. The molecule has 0 radical (unpaired) electrons. The number of hydrogen-bond donors (Lipinski definition) is 1. The number of hydrogen-bond acceptors (Lipinski definition) is 6. The van der Waals surface area contributed by atoms with Crippen LogP contribution in [0.4, 0.5) is 5.69 Å². The van der Waals surface area contributed by atoms with Gasteiger partial charge in [-0.15, -0.1) is 10.2 Å². The molecule has 158 valence electrons. The van der Waals surface area contributed by atoms with Gasteiger partial charge in [0, 0.05) is 17.4 Å². The van der Waals surface area contributed by atoms with Gasteiger partial charge >= 0.3 is 0 Å². The summed E-state index contributed by atoms with van der Waals surface area (Å²) in [5.41, 5.74) is 2.94. The Labute approximate surface area is 188 Å². The highest BCUT2D eigenvalue weighted by Gasteiger charge is 2.18. The average Bonchev–Trinajstić information content (AvgIpc) is 3.23. The van der Waals surface area contributed by atoms with Crippen molar-refractivity contribution in [2.75, 3.05) is 4.72 Å². The van der Waals surface area contributed by atoms with Gasteiger partial charge in [0.15, 0.2) is 5.65 Å². The molecule has 0 saturated heterocycles. The van der Waals surface area contributed by atoms with Crippen LogP contribution < -0.4 is 4.72 Å². The van der Waals surface area contributed by atoms with Gasteiger partial charge in [-0.25, -0.2) is 8.42 Å². The molecule has 5 aromatic rings. The standard InChI is InChI=1S/C22H15ClN6O2S/c23-17-8-1-2-10-20(17)32(30,31)28-16-7-5-6-15(14-16)18-11-12-21-25-26-22(29(21)27-18)19-9-3-4-13-24-19/h1-14,28H. The monoisotopic (exact) mass is 462 g/mol. The van der Waals surface area contributed by atoms with E-state index in [1.807, 2.05) is 24.3 Å². The number of sulfonamides is 1. The molecule has 0 aliphatic rings. The Morgan fingerprint density at radius 1 is 0.844 bits per heavy atom. The van der Waals surface area contributed by atoms with Crippen molar-refractivity contribution in [3.05, 3.63) is 90.1 Å². The second-order valence-corrected chi connectivity index (χ2v) is 8.90. The van der Waals surface area contributed by atoms with Crippen LogP contribution in [0.1, 0.15) is 0 Å². The maximum Gasteiger partial charge on any atom is 0.263 e. The summed E-state index contributed by atoms with van der Waals surface area (Å²) >= 11 is 6.06. The summed E-state index contributed by atoms with van der Waals surface area (Å²) in [6, 6.07) is 22.3. The van der Waals surface area contributed by atoms with Gasteiger partial charge in [-0.1, -0.05) is 41.9 Å². The molecule has 10 heteroatoms. The van der Waals surface area contributed by atoms with Gasteiger partial charge in [-0.05, 0) is 48.5 Å². The maximum atomic E-state index is 12.8. The van der Waals surface area contributed by atoms with E-state index >= 15 is 0 Å². The van der Waals surface area contributed by atoms with E-state index in [1.165, 1.54) is 12.1 Å². The van der Waals surface area contributed by atoms with Crippen LogP contribution in [0.15, 0.2) is 90.0 Å². The second kappa shape index (κ2) is 8.03. The van der Waals surface area contributed by atoms with Gasteiger partial charge in [-0.3, -0.25) is 9.71 Å². The summed E-state index contributed by atoms with van der Waals surface area (Å²) in [5.74, 6) is 0.512. The third kappa shape index (κ3) is 3.79. The van der Waals surface area contributed by atoms with Gasteiger partial charge in [0.1, 0.15) is 10.6 Å². The number of nitrogens with zero attached hydrogens (tertiary/aromatic N) is 5. The number of pyridine rings is 1. The molecule has 0 aliphatic carbocycles. The van der Waals surface area contributed by atoms with E-state index in [1.54, 1.807) is 53.2 Å². The molecule has 0 saturated carbocycles. The normalized spacial score (nSPS) is 11.5. The highest BCUT2D eigenvalue weighted by Crippen LogP contribution is 2.26. The van der Waals surface area contributed by atoms with Crippen molar-refractivity contribution in [3.63, 3.8) is 0 Å². The molecule has 0 fully saturated rings. The van der Waals surface area contributed by atoms with Crippen molar-refractivity contribution in [2.45, 2.75) is 4.90 Å². The zero-order valence-electron chi connectivity index (χ0n) is 16.4. The smallest absolute Gasteiger partial charge is 0.263 e. The summed E-state index contributed by atoms with van der Waals surface area (Å²) in [4.78, 5) is 4.32. The van der Waals surface area contributed by atoms with E-state index in [0.717, 1.165) is 0 Å². The minimum Gasteiger partial charge on any atom is -0.280 e. The number of benzene rings is 2. The van der Waals surface area contributed by atoms with E-state index in [9.17, 15) is 8.42 Å². The van der Waals surface area contributed by atoms with Crippen molar-refractivity contribution in [1.82, 2.24) is 24.8 Å². The highest BCUT2D eigenvalue weighted by atomic mass is 35.5. The van der Waals surface area contributed by atoms with E-state index < -0.39 is 10.0 Å². The van der Waals surface area contributed by atoms with Gasteiger partial charge in [0.25, 0.3) is 10.0 Å². The Hall–Kier alpha value is -3.82. The fraction of sp³-hybridized carbons (Fsp3) is 0. The molecule has 32 heavy (non-hydrogen) atoms. The van der Waals surface area contributed by atoms with Crippen LogP contribution in [0.2, 0.25) is 5.02 Å². The number of anilines is 1. The predicted molar refractivity (Wildman–Crippen MR) is 122 cm³/mol. The van der Waals surface area contributed by atoms with Crippen molar-refractivity contribution >= 4 is 33.0 Å². The molecule has 0 amide bonds. The lowest BCUT2D eigenvalue weighted by atomic mass is 10.1. The summed E-state index contributed by atoms with van der Waals surface area (Å²) in [6.07, 6.45) is 1.68. The summed E-state index contributed by atoms with van der Waals surface area (Å²) < 4.78 is 29.7. The van der Waals surface area contributed by atoms with Crippen LogP contribution in [0.25, 0.3) is 28.4 Å². The van der Waals surface area contributed by atoms with E-state index in [4.69, 9.17) is 11.6 Å². The molecule has 3 heterocycles. The van der Waals surface area contributed by atoms with E-state index in [2.05, 4.69) is 25.0 Å². The number of aromatic nitrogens is 5. The molecule has 5 rings (SSSR count). The quantitative estimate of drug-likeness (QED) is 0.417. The Kier molecular flexibility index (Phi) is 5.04.